The molecule has 68 valence electrons. The summed E-state index contributed by atoms with van der Waals surface area (Å²) >= 11 is 5.66. The van der Waals surface area contributed by atoms with Crippen LogP contribution < -0.4 is 11.2 Å². The molecule has 0 aromatic heterocycles. The normalized spacial score (nSPS) is 10.2. The summed E-state index contributed by atoms with van der Waals surface area (Å²) in [5.41, 5.74) is 7.71. The molecule has 0 saturated heterocycles. The maximum atomic E-state index is 10.2. The zero-order valence-corrected chi connectivity index (χ0v) is 7.45. The standard InChI is InChI=1S/C8H8ClN3O/c9-7-3-1-6(2-4-7)5-11-12-8(10)13/h1-5H,(H3,10,12,13)/b11-5-. The highest BCUT2D eigenvalue weighted by molar-refractivity contribution is 6.30. The van der Waals surface area contributed by atoms with E-state index in [1.165, 1.54) is 6.21 Å². The first-order chi connectivity index (χ1) is 6.18. The van der Waals surface area contributed by atoms with E-state index in [-0.39, 0.29) is 0 Å². The summed E-state index contributed by atoms with van der Waals surface area (Å²) in [7, 11) is 0. The van der Waals surface area contributed by atoms with Crippen LogP contribution in [0.4, 0.5) is 4.79 Å². The number of rotatable bonds is 2. The van der Waals surface area contributed by atoms with E-state index in [1.54, 1.807) is 24.3 Å². The van der Waals surface area contributed by atoms with E-state index < -0.39 is 6.03 Å². The van der Waals surface area contributed by atoms with Gasteiger partial charge in [-0.1, -0.05) is 23.7 Å². The Morgan fingerprint density at radius 2 is 2.08 bits per heavy atom. The molecule has 2 amide bonds. The second kappa shape index (κ2) is 4.47. The Morgan fingerprint density at radius 1 is 1.46 bits per heavy atom. The Balaban J connectivity index is 2.59. The molecule has 4 nitrogen and oxygen atoms in total. The van der Waals surface area contributed by atoms with Crippen molar-refractivity contribution in [2.75, 3.05) is 0 Å². The summed E-state index contributed by atoms with van der Waals surface area (Å²) in [5, 5.41) is 4.23. The number of carbonyl (C=O) groups is 1. The summed E-state index contributed by atoms with van der Waals surface area (Å²) in [4.78, 5) is 10.2. The molecule has 0 bridgehead atoms. The molecule has 0 spiro atoms. The van der Waals surface area contributed by atoms with Crippen molar-refractivity contribution in [1.29, 1.82) is 0 Å². The first-order valence-electron chi connectivity index (χ1n) is 3.52. The van der Waals surface area contributed by atoms with Gasteiger partial charge in [0.05, 0.1) is 6.21 Å². The number of hydrazone groups is 1. The quantitative estimate of drug-likeness (QED) is 0.545. The fourth-order valence-corrected chi connectivity index (χ4v) is 0.845. The van der Waals surface area contributed by atoms with Gasteiger partial charge in [-0.3, -0.25) is 0 Å². The number of amides is 2. The molecule has 13 heavy (non-hydrogen) atoms. The summed E-state index contributed by atoms with van der Waals surface area (Å²) in [6, 6.07) is 6.31. The molecule has 0 aliphatic rings. The average Bonchev–Trinajstić information content (AvgIpc) is 2.08. The van der Waals surface area contributed by atoms with E-state index in [0.29, 0.717) is 5.02 Å². The van der Waals surface area contributed by atoms with Crippen molar-refractivity contribution >= 4 is 23.8 Å². The lowest BCUT2D eigenvalue weighted by atomic mass is 10.2. The third-order valence-corrected chi connectivity index (χ3v) is 1.51. The van der Waals surface area contributed by atoms with Crippen LogP contribution in [0.5, 0.6) is 0 Å². The van der Waals surface area contributed by atoms with Crippen molar-refractivity contribution in [2.24, 2.45) is 10.8 Å². The van der Waals surface area contributed by atoms with Gasteiger partial charge in [-0.05, 0) is 17.7 Å². The number of hydrogen-bond acceptors (Lipinski definition) is 2. The van der Waals surface area contributed by atoms with Crippen molar-refractivity contribution in [3.8, 4) is 0 Å². The Labute approximate surface area is 80.4 Å². The monoisotopic (exact) mass is 197 g/mol. The third kappa shape index (κ3) is 3.57. The van der Waals surface area contributed by atoms with Crippen molar-refractivity contribution in [3.05, 3.63) is 34.9 Å². The maximum absolute atomic E-state index is 10.2. The lowest BCUT2D eigenvalue weighted by Gasteiger charge is -1.93. The SMILES string of the molecule is NC(=O)N/N=C\c1ccc(Cl)cc1. The minimum absolute atomic E-state index is 0.653. The van der Waals surface area contributed by atoms with E-state index >= 15 is 0 Å². The van der Waals surface area contributed by atoms with E-state index in [1.807, 2.05) is 0 Å². The number of hydrogen-bond donors (Lipinski definition) is 2. The van der Waals surface area contributed by atoms with Gasteiger partial charge in [0, 0.05) is 5.02 Å². The van der Waals surface area contributed by atoms with Crippen LogP contribution in [0.2, 0.25) is 5.02 Å². The van der Waals surface area contributed by atoms with Crippen LogP contribution in [0.3, 0.4) is 0 Å². The molecule has 0 radical (unpaired) electrons. The molecule has 1 aromatic carbocycles. The predicted molar refractivity (Wildman–Crippen MR) is 51.8 cm³/mol. The molecule has 0 saturated carbocycles. The fraction of sp³-hybridized carbons (Fsp3) is 0. The van der Waals surface area contributed by atoms with Crippen LogP contribution in [0, 0.1) is 0 Å². The number of nitrogens with two attached hydrogens (primary N) is 1. The lowest BCUT2D eigenvalue weighted by molar-refractivity contribution is 0.249. The Morgan fingerprint density at radius 3 is 2.62 bits per heavy atom. The Bertz CT molecular complexity index is 321. The average molecular weight is 198 g/mol. The highest BCUT2D eigenvalue weighted by atomic mass is 35.5. The number of halogens is 1. The molecule has 0 unspecified atom stereocenters. The number of nitrogens with zero attached hydrogens (tertiary/aromatic N) is 1. The van der Waals surface area contributed by atoms with Crippen LogP contribution in [0.25, 0.3) is 0 Å². The first kappa shape index (κ1) is 9.54. The minimum Gasteiger partial charge on any atom is -0.350 e. The number of carbonyl (C=O) groups excluding carboxylic acids is 1. The summed E-state index contributed by atoms with van der Waals surface area (Å²) < 4.78 is 0. The molecule has 5 heteroatoms. The van der Waals surface area contributed by atoms with Gasteiger partial charge in [0.25, 0.3) is 0 Å². The van der Waals surface area contributed by atoms with E-state index in [2.05, 4.69) is 10.5 Å². The molecule has 0 aliphatic heterocycles. The second-order valence-electron chi connectivity index (χ2n) is 2.29. The van der Waals surface area contributed by atoms with Gasteiger partial charge >= 0.3 is 6.03 Å². The van der Waals surface area contributed by atoms with Crippen molar-refractivity contribution in [3.63, 3.8) is 0 Å². The second-order valence-corrected chi connectivity index (χ2v) is 2.72. The van der Waals surface area contributed by atoms with Gasteiger partial charge in [-0.15, -0.1) is 0 Å². The predicted octanol–water partition coefficient (Wildman–Crippen LogP) is 1.34. The van der Waals surface area contributed by atoms with Gasteiger partial charge in [0.1, 0.15) is 0 Å². The van der Waals surface area contributed by atoms with Gasteiger partial charge in [-0.25, -0.2) is 10.2 Å². The van der Waals surface area contributed by atoms with Gasteiger partial charge in [-0.2, -0.15) is 5.10 Å². The van der Waals surface area contributed by atoms with Crippen molar-refractivity contribution in [1.82, 2.24) is 5.43 Å². The number of benzene rings is 1. The Kier molecular flexibility index (Phi) is 3.28. The molecule has 1 rings (SSSR count). The molecular weight excluding hydrogens is 190 g/mol. The van der Waals surface area contributed by atoms with E-state index in [9.17, 15) is 4.79 Å². The maximum Gasteiger partial charge on any atom is 0.332 e. The van der Waals surface area contributed by atoms with Gasteiger partial charge in [0.2, 0.25) is 0 Å². The van der Waals surface area contributed by atoms with Crippen LogP contribution in [0.1, 0.15) is 5.56 Å². The van der Waals surface area contributed by atoms with Crippen molar-refractivity contribution < 1.29 is 4.79 Å². The van der Waals surface area contributed by atoms with Crippen molar-refractivity contribution in [2.45, 2.75) is 0 Å². The molecule has 0 fully saturated rings. The fourth-order valence-electron chi connectivity index (χ4n) is 0.719. The first-order valence-corrected chi connectivity index (χ1v) is 3.90. The molecular formula is C8H8ClN3O. The highest BCUT2D eigenvalue weighted by Crippen LogP contribution is 2.07. The molecule has 1 aromatic rings. The van der Waals surface area contributed by atoms with Crippen LogP contribution in [-0.2, 0) is 0 Å². The smallest absolute Gasteiger partial charge is 0.332 e. The largest absolute Gasteiger partial charge is 0.350 e. The summed E-state index contributed by atoms with van der Waals surface area (Å²) in [6.45, 7) is 0. The summed E-state index contributed by atoms with van der Waals surface area (Å²) in [6.07, 6.45) is 1.47. The zero-order valence-electron chi connectivity index (χ0n) is 6.70. The van der Waals surface area contributed by atoms with Crippen LogP contribution in [-0.4, -0.2) is 12.2 Å². The van der Waals surface area contributed by atoms with E-state index in [0.717, 1.165) is 5.56 Å². The minimum atomic E-state index is -0.690. The van der Waals surface area contributed by atoms with E-state index in [4.69, 9.17) is 17.3 Å². The topological polar surface area (TPSA) is 67.5 Å². The lowest BCUT2D eigenvalue weighted by Crippen LogP contribution is -2.24. The van der Waals surface area contributed by atoms with Gasteiger partial charge in [0.15, 0.2) is 0 Å². The third-order valence-electron chi connectivity index (χ3n) is 1.26. The van der Waals surface area contributed by atoms with Crippen LogP contribution >= 0.6 is 11.6 Å². The highest BCUT2D eigenvalue weighted by Gasteiger charge is 1.88. The summed E-state index contributed by atoms with van der Waals surface area (Å²) in [5.74, 6) is 0. The zero-order chi connectivity index (χ0) is 9.68. The number of nitrogens with one attached hydrogen (secondary N) is 1. The van der Waals surface area contributed by atoms with Gasteiger partial charge < -0.3 is 5.73 Å². The molecule has 0 atom stereocenters. The number of urea groups is 1. The molecule has 0 heterocycles. The molecule has 3 N–H and O–H groups in total. The van der Waals surface area contributed by atoms with Crippen LogP contribution in [0.15, 0.2) is 29.4 Å². The molecule has 0 aliphatic carbocycles. The Hall–Kier alpha value is -1.55. The number of primary amides is 1.